The Morgan fingerprint density at radius 2 is 1.66 bits per heavy atom. The van der Waals surface area contributed by atoms with E-state index in [-0.39, 0.29) is 30.9 Å². The Balaban J connectivity index is 1.72. The first kappa shape index (κ1) is 26.8. The zero-order valence-corrected chi connectivity index (χ0v) is 22.1. The van der Waals surface area contributed by atoms with Crippen LogP contribution in [-0.4, -0.2) is 41.3 Å². The van der Waals surface area contributed by atoms with Crippen LogP contribution in [-0.2, 0) is 22.7 Å². The molecule has 0 fully saturated rings. The summed E-state index contributed by atoms with van der Waals surface area (Å²) in [5.74, 6) is 0.546. The van der Waals surface area contributed by atoms with Crippen LogP contribution >= 0.6 is 22.9 Å². The zero-order valence-electron chi connectivity index (χ0n) is 20.6. The summed E-state index contributed by atoms with van der Waals surface area (Å²) in [7, 11) is 0. The van der Waals surface area contributed by atoms with Crippen molar-refractivity contribution < 1.29 is 14.3 Å². The van der Waals surface area contributed by atoms with E-state index in [1.807, 2.05) is 35.2 Å². The number of rotatable bonds is 12. The van der Waals surface area contributed by atoms with Gasteiger partial charge in [-0.25, -0.2) is 0 Å². The molecule has 7 heteroatoms. The summed E-state index contributed by atoms with van der Waals surface area (Å²) >= 11 is 7.62. The standard InChI is InChI=1S/C28H33ClN2O3S/c1-4-21(2)16-30(28(33)20-34-25-13-11-24(29)12-14-25)19-27(32)31(17-23-8-6-5-7-9-23)18-26-15-10-22(3)35-26/h5-15,21H,4,16-20H2,1-3H3. The van der Waals surface area contributed by atoms with Gasteiger partial charge < -0.3 is 14.5 Å². The number of thiophene rings is 1. The van der Waals surface area contributed by atoms with E-state index < -0.39 is 0 Å². The molecule has 1 atom stereocenters. The Hall–Kier alpha value is -2.83. The van der Waals surface area contributed by atoms with E-state index in [1.165, 1.54) is 4.88 Å². The second-order valence-electron chi connectivity index (χ2n) is 8.78. The van der Waals surface area contributed by atoms with E-state index in [1.54, 1.807) is 40.5 Å². The molecule has 0 N–H and O–H groups in total. The number of halogens is 1. The summed E-state index contributed by atoms with van der Waals surface area (Å²) in [4.78, 5) is 32.4. The van der Waals surface area contributed by atoms with Crippen LogP contribution in [0.2, 0.25) is 5.02 Å². The second kappa shape index (κ2) is 13.3. The van der Waals surface area contributed by atoms with Crippen molar-refractivity contribution in [1.82, 2.24) is 9.80 Å². The van der Waals surface area contributed by atoms with Crippen LogP contribution in [0.15, 0.2) is 66.7 Å². The molecule has 0 radical (unpaired) electrons. The number of carbonyl (C=O) groups excluding carboxylic acids is 2. The lowest BCUT2D eigenvalue weighted by Gasteiger charge is -2.29. The Labute approximate surface area is 217 Å². The molecule has 3 rings (SSSR count). The highest BCUT2D eigenvalue weighted by atomic mass is 35.5. The molecule has 0 bridgehead atoms. The highest BCUT2D eigenvalue weighted by molar-refractivity contribution is 7.11. The molecule has 0 aliphatic heterocycles. The fraction of sp³-hybridized carbons (Fsp3) is 0.357. The molecule has 0 spiro atoms. The molecule has 1 aromatic heterocycles. The number of benzene rings is 2. The van der Waals surface area contributed by atoms with Crippen molar-refractivity contribution in [2.75, 3.05) is 19.7 Å². The molecule has 1 heterocycles. The van der Waals surface area contributed by atoms with Gasteiger partial charge in [-0.15, -0.1) is 11.3 Å². The highest BCUT2D eigenvalue weighted by Crippen LogP contribution is 2.20. The van der Waals surface area contributed by atoms with Crippen molar-refractivity contribution in [3.8, 4) is 5.75 Å². The number of carbonyl (C=O) groups is 2. The summed E-state index contributed by atoms with van der Waals surface area (Å²) < 4.78 is 5.68. The van der Waals surface area contributed by atoms with Crippen LogP contribution in [0.25, 0.3) is 0 Å². The van der Waals surface area contributed by atoms with Crippen LogP contribution in [0.4, 0.5) is 0 Å². The van der Waals surface area contributed by atoms with Crippen LogP contribution in [0.5, 0.6) is 5.75 Å². The average molecular weight is 513 g/mol. The summed E-state index contributed by atoms with van der Waals surface area (Å²) in [6.45, 7) is 7.62. The third-order valence-electron chi connectivity index (χ3n) is 5.80. The molecule has 0 saturated heterocycles. The molecule has 0 saturated carbocycles. The minimum absolute atomic E-state index is 0.0182. The van der Waals surface area contributed by atoms with Crippen molar-refractivity contribution in [2.45, 2.75) is 40.3 Å². The lowest BCUT2D eigenvalue weighted by atomic mass is 10.1. The summed E-state index contributed by atoms with van der Waals surface area (Å²) in [6.07, 6.45) is 0.915. The zero-order chi connectivity index (χ0) is 25.2. The van der Waals surface area contributed by atoms with Gasteiger partial charge in [-0.2, -0.15) is 0 Å². The Morgan fingerprint density at radius 1 is 0.943 bits per heavy atom. The smallest absolute Gasteiger partial charge is 0.260 e. The summed E-state index contributed by atoms with van der Waals surface area (Å²) in [5, 5.41) is 0.604. The van der Waals surface area contributed by atoms with E-state index in [0.717, 1.165) is 16.9 Å². The van der Waals surface area contributed by atoms with E-state index in [4.69, 9.17) is 16.3 Å². The first-order valence-electron chi connectivity index (χ1n) is 11.9. The maximum absolute atomic E-state index is 13.5. The maximum atomic E-state index is 13.5. The lowest BCUT2D eigenvalue weighted by Crippen LogP contribution is -2.45. The quantitative estimate of drug-likeness (QED) is 0.290. The van der Waals surface area contributed by atoms with Crippen LogP contribution in [0.1, 0.15) is 35.6 Å². The molecule has 35 heavy (non-hydrogen) atoms. The number of amides is 2. The average Bonchev–Trinajstić information content (AvgIpc) is 3.27. The van der Waals surface area contributed by atoms with Gasteiger partial charge in [0.15, 0.2) is 6.61 Å². The van der Waals surface area contributed by atoms with Crippen molar-refractivity contribution in [3.05, 3.63) is 87.1 Å². The van der Waals surface area contributed by atoms with Gasteiger partial charge in [-0.05, 0) is 54.8 Å². The first-order chi connectivity index (χ1) is 16.8. The third-order valence-corrected chi connectivity index (χ3v) is 7.03. The number of aryl methyl sites for hydroxylation is 1. The largest absolute Gasteiger partial charge is 0.484 e. The van der Waals surface area contributed by atoms with Gasteiger partial charge in [0.1, 0.15) is 5.75 Å². The molecule has 2 amide bonds. The van der Waals surface area contributed by atoms with Crippen LogP contribution < -0.4 is 4.74 Å². The van der Waals surface area contributed by atoms with Gasteiger partial charge in [0.05, 0.1) is 13.1 Å². The first-order valence-corrected chi connectivity index (χ1v) is 13.1. The molecular formula is C28H33ClN2O3S. The van der Waals surface area contributed by atoms with Crippen LogP contribution in [0.3, 0.4) is 0 Å². The predicted octanol–water partition coefficient (Wildman–Crippen LogP) is 6.19. The predicted molar refractivity (Wildman–Crippen MR) is 143 cm³/mol. The molecular weight excluding hydrogens is 480 g/mol. The number of hydrogen-bond donors (Lipinski definition) is 0. The normalized spacial score (nSPS) is 11.7. The van der Waals surface area contributed by atoms with Gasteiger partial charge in [-0.3, -0.25) is 9.59 Å². The van der Waals surface area contributed by atoms with Gasteiger partial charge in [-0.1, -0.05) is 62.2 Å². The molecule has 0 aliphatic carbocycles. The lowest BCUT2D eigenvalue weighted by molar-refractivity contribution is -0.142. The molecule has 2 aromatic carbocycles. The molecule has 186 valence electrons. The van der Waals surface area contributed by atoms with Gasteiger partial charge in [0, 0.05) is 27.9 Å². The molecule has 1 unspecified atom stereocenters. The number of ether oxygens (including phenoxy) is 1. The number of hydrogen-bond acceptors (Lipinski definition) is 4. The summed E-state index contributed by atoms with van der Waals surface area (Å²) in [6, 6.07) is 21.0. The maximum Gasteiger partial charge on any atom is 0.260 e. The van der Waals surface area contributed by atoms with Gasteiger partial charge in [0.25, 0.3) is 5.91 Å². The van der Waals surface area contributed by atoms with E-state index in [2.05, 4.69) is 32.9 Å². The molecule has 5 nitrogen and oxygen atoms in total. The minimum Gasteiger partial charge on any atom is -0.484 e. The Morgan fingerprint density at radius 3 is 2.29 bits per heavy atom. The highest BCUT2D eigenvalue weighted by Gasteiger charge is 2.24. The molecule has 3 aromatic rings. The van der Waals surface area contributed by atoms with Gasteiger partial charge in [0.2, 0.25) is 5.91 Å². The summed E-state index contributed by atoms with van der Waals surface area (Å²) in [5.41, 5.74) is 1.06. The van der Waals surface area contributed by atoms with Crippen molar-refractivity contribution in [1.29, 1.82) is 0 Å². The third kappa shape index (κ3) is 8.71. The van der Waals surface area contributed by atoms with Crippen molar-refractivity contribution in [3.63, 3.8) is 0 Å². The molecule has 0 aliphatic rings. The SMILES string of the molecule is CCC(C)CN(CC(=O)N(Cc1ccccc1)Cc1ccc(C)s1)C(=O)COc1ccc(Cl)cc1. The fourth-order valence-corrected chi connectivity index (χ4v) is 4.62. The van der Waals surface area contributed by atoms with Crippen LogP contribution in [0, 0.1) is 12.8 Å². The Bertz CT molecular complexity index is 1090. The second-order valence-corrected chi connectivity index (χ2v) is 10.6. The van der Waals surface area contributed by atoms with Crippen molar-refractivity contribution in [2.24, 2.45) is 5.92 Å². The Kier molecular flexibility index (Phi) is 10.2. The van der Waals surface area contributed by atoms with E-state index in [9.17, 15) is 9.59 Å². The van der Waals surface area contributed by atoms with E-state index >= 15 is 0 Å². The monoisotopic (exact) mass is 512 g/mol. The fourth-order valence-electron chi connectivity index (χ4n) is 3.58. The topological polar surface area (TPSA) is 49.9 Å². The van der Waals surface area contributed by atoms with Gasteiger partial charge >= 0.3 is 0 Å². The van der Waals surface area contributed by atoms with Crippen molar-refractivity contribution >= 4 is 34.8 Å². The van der Waals surface area contributed by atoms with E-state index in [0.29, 0.717) is 30.4 Å². The minimum atomic E-state index is -0.208. The number of nitrogens with zero attached hydrogens (tertiary/aromatic N) is 2.